The molecular weight excluding hydrogens is 322 g/mol. The van der Waals surface area contributed by atoms with Gasteiger partial charge in [0.15, 0.2) is 0 Å². The summed E-state index contributed by atoms with van der Waals surface area (Å²) in [7, 11) is -1.24. The molecule has 110 valence electrons. The molecule has 2 rings (SSSR count). The Hall–Kier alpha value is -1.80. The number of amides is 1. The molecule has 1 aromatic rings. The van der Waals surface area contributed by atoms with Gasteiger partial charge in [0.05, 0.1) is 16.0 Å². The van der Waals surface area contributed by atoms with E-state index in [4.69, 9.17) is 27.9 Å². The third kappa shape index (κ3) is 2.96. The van der Waals surface area contributed by atoms with Crippen LogP contribution in [0.4, 0.5) is 0 Å². The van der Waals surface area contributed by atoms with Crippen LogP contribution in [-0.2, 0) is 11.2 Å². The molecule has 0 saturated heterocycles. The van der Waals surface area contributed by atoms with Gasteiger partial charge in [0.1, 0.15) is 11.3 Å². The third-order valence-corrected chi connectivity index (χ3v) is 3.77. The second-order valence-electron chi connectivity index (χ2n) is 4.47. The largest absolute Gasteiger partial charge is 0.570 e. The van der Waals surface area contributed by atoms with Gasteiger partial charge < -0.3 is 15.1 Å². The predicted molar refractivity (Wildman–Crippen MR) is 76.9 cm³/mol. The van der Waals surface area contributed by atoms with Crippen LogP contribution in [0.5, 0.6) is 5.75 Å². The van der Waals surface area contributed by atoms with Crippen LogP contribution in [0.3, 0.4) is 0 Å². The van der Waals surface area contributed by atoms with E-state index in [1.165, 1.54) is 13.0 Å². The van der Waals surface area contributed by atoms with Crippen molar-refractivity contribution >= 4 is 42.1 Å². The monoisotopic (exact) mass is 330 g/mol. The molecule has 21 heavy (non-hydrogen) atoms. The van der Waals surface area contributed by atoms with Gasteiger partial charge in [-0.1, -0.05) is 28.3 Å². The van der Waals surface area contributed by atoms with Crippen LogP contribution in [0, 0.1) is 4.91 Å². The molecule has 0 radical (unpaired) electrons. The van der Waals surface area contributed by atoms with Crippen molar-refractivity contribution in [2.24, 2.45) is 5.09 Å². The Bertz CT molecular complexity index is 640. The lowest BCUT2D eigenvalue weighted by Crippen LogP contribution is -2.51. The van der Waals surface area contributed by atoms with Crippen LogP contribution in [0.2, 0.25) is 10.0 Å². The van der Waals surface area contributed by atoms with E-state index in [-0.39, 0.29) is 33.7 Å². The Kier molecular flexibility index (Phi) is 4.39. The quantitative estimate of drug-likeness (QED) is 0.650. The van der Waals surface area contributed by atoms with E-state index in [0.717, 1.165) is 0 Å². The minimum absolute atomic E-state index is 0.0514. The van der Waals surface area contributed by atoms with Crippen molar-refractivity contribution in [2.45, 2.75) is 19.3 Å². The highest BCUT2D eigenvalue weighted by Gasteiger charge is 2.41. The highest BCUT2D eigenvalue weighted by molar-refractivity contribution is 6.53. The van der Waals surface area contributed by atoms with Gasteiger partial charge >= 0.3 is 13.0 Å². The molecule has 2 N–H and O–H groups in total. The summed E-state index contributed by atoms with van der Waals surface area (Å²) in [6.07, 6.45) is 0.155. The summed E-state index contributed by atoms with van der Waals surface area (Å²) in [5.74, 6) is -2.45. The SMILES string of the molecule is CC(=O)N[C@H]1Cc2cc(Cl)c(Cl)c(C(=O)O)c2OB1N=O. The number of aromatic carboxylic acids is 1. The summed E-state index contributed by atoms with van der Waals surface area (Å²) in [6, 6.07) is 1.45. The molecule has 0 fully saturated rings. The van der Waals surface area contributed by atoms with Crippen molar-refractivity contribution in [3.05, 3.63) is 32.1 Å². The van der Waals surface area contributed by atoms with Crippen molar-refractivity contribution in [1.29, 1.82) is 0 Å². The number of fused-ring (bicyclic) bond motifs is 1. The van der Waals surface area contributed by atoms with Gasteiger partial charge in [0.25, 0.3) is 0 Å². The molecule has 10 heteroatoms. The average Bonchev–Trinajstić information content (AvgIpc) is 2.38. The molecule has 1 atom stereocenters. The summed E-state index contributed by atoms with van der Waals surface area (Å²) in [5, 5.41) is 14.4. The zero-order valence-electron chi connectivity index (χ0n) is 10.7. The molecule has 0 aliphatic carbocycles. The molecule has 1 aromatic carbocycles. The summed E-state index contributed by atoms with van der Waals surface area (Å²) >= 11 is 11.8. The molecule has 0 spiro atoms. The second kappa shape index (κ2) is 5.91. The Morgan fingerprint density at radius 1 is 1.52 bits per heavy atom. The lowest BCUT2D eigenvalue weighted by atomic mass is 9.68. The van der Waals surface area contributed by atoms with Gasteiger partial charge in [-0.15, -0.1) is 0 Å². The molecule has 1 heterocycles. The van der Waals surface area contributed by atoms with E-state index in [2.05, 4.69) is 10.4 Å². The number of nitroso groups, excluding NO2 is 1. The van der Waals surface area contributed by atoms with Crippen LogP contribution >= 0.6 is 23.2 Å². The molecule has 0 bridgehead atoms. The number of nitrogens with zero attached hydrogens (tertiary/aromatic N) is 1. The van der Waals surface area contributed by atoms with E-state index in [0.29, 0.717) is 5.56 Å². The van der Waals surface area contributed by atoms with Crippen LogP contribution in [-0.4, -0.2) is 30.0 Å². The van der Waals surface area contributed by atoms with Crippen molar-refractivity contribution in [3.63, 3.8) is 0 Å². The first-order valence-corrected chi connectivity index (χ1v) is 6.61. The number of carboxylic acids is 1. The van der Waals surface area contributed by atoms with Crippen LogP contribution in [0.25, 0.3) is 0 Å². The summed E-state index contributed by atoms with van der Waals surface area (Å²) in [6.45, 7) is 1.29. The Morgan fingerprint density at radius 3 is 2.71 bits per heavy atom. The molecule has 0 aromatic heterocycles. The van der Waals surface area contributed by atoms with Crippen LogP contribution in [0.1, 0.15) is 22.8 Å². The fourth-order valence-corrected chi connectivity index (χ4v) is 2.61. The lowest BCUT2D eigenvalue weighted by molar-refractivity contribution is -0.119. The molecule has 1 amide bonds. The first-order valence-electron chi connectivity index (χ1n) is 5.85. The van der Waals surface area contributed by atoms with Crippen molar-refractivity contribution in [2.75, 3.05) is 0 Å². The maximum Gasteiger partial charge on any atom is 0.570 e. The number of carbonyl (C=O) groups is 2. The summed E-state index contributed by atoms with van der Waals surface area (Å²) < 4.78 is 5.31. The van der Waals surface area contributed by atoms with E-state index in [9.17, 15) is 19.6 Å². The van der Waals surface area contributed by atoms with E-state index >= 15 is 0 Å². The smallest absolute Gasteiger partial charge is 0.536 e. The molecule has 1 aliphatic heterocycles. The molecular formula is C11H9BCl2N2O5. The van der Waals surface area contributed by atoms with Crippen molar-refractivity contribution in [3.8, 4) is 5.75 Å². The minimum Gasteiger partial charge on any atom is -0.536 e. The van der Waals surface area contributed by atoms with Gasteiger partial charge in [-0.25, -0.2) is 4.79 Å². The topological polar surface area (TPSA) is 105 Å². The standard InChI is InChI=1S/C11H9BCl2N2O5/c1-4(17)15-7-3-5-2-6(13)9(14)8(11(18)19)10(5)21-12(7)16-20/h2,7H,3H2,1H3,(H,15,17)(H,18,19)/t7-/m0/s1. The number of hydrogen-bond acceptors (Lipinski definition) is 5. The van der Waals surface area contributed by atoms with Gasteiger partial charge in [-0.05, 0) is 18.1 Å². The van der Waals surface area contributed by atoms with Crippen molar-refractivity contribution in [1.82, 2.24) is 5.32 Å². The Labute approximate surface area is 129 Å². The van der Waals surface area contributed by atoms with Gasteiger partial charge in [0.2, 0.25) is 5.91 Å². The number of rotatable bonds is 3. The Morgan fingerprint density at radius 2 is 2.19 bits per heavy atom. The predicted octanol–water partition coefficient (Wildman–Crippen LogP) is 1.92. The number of nitrogens with one attached hydrogen (secondary N) is 1. The third-order valence-electron chi connectivity index (χ3n) is 2.98. The average molecular weight is 331 g/mol. The fourth-order valence-electron chi connectivity index (χ4n) is 2.16. The van der Waals surface area contributed by atoms with Crippen LogP contribution in [0.15, 0.2) is 11.2 Å². The number of benzene rings is 1. The number of carboxylic acid groups (broad SMARTS) is 1. The molecule has 7 nitrogen and oxygen atoms in total. The minimum atomic E-state index is -1.33. The summed E-state index contributed by atoms with van der Waals surface area (Å²) in [5.41, 5.74) is 0.106. The highest BCUT2D eigenvalue weighted by Crippen LogP contribution is 2.39. The maximum absolute atomic E-state index is 11.3. The summed E-state index contributed by atoms with van der Waals surface area (Å²) in [4.78, 5) is 33.3. The highest BCUT2D eigenvalue weighted by atomic mass is 35.5. The molecule has 0 saturated carbocycles. The van der Waals surface area contributed by atoms with Crippen molar-refractivity contribution < 1.29 is 19.3 Å². The van der Waals surface area contributed by atoms with Gasteiger partial charge in [-0.2, -0.15) is 4.91 Å². The zero-order valence-corrected chi connectivity index (χ0v) is 12.2. The second-order valence-corrected chi connectivity index (χ2v) is 5.25. The van der Waals surface area contributed by atoms with E-state index in [1.54, 1.807) is 0 Å². The normalized spacial score (nSPS) is 16.7. The zero-order chi connectivity index (χ0) is 15.7. The van der Waals surface area contributed by atoms with Gasteiger partial charge in [-0.3, -0.25) is 4.79 Å². The number of carbonyl (C=O) groups excluding carboxylic acids is 1. The molecule has 0 unspecified atom stereocenters. The van der Waals surface area contributed by atoms with Crippen LogP contribution < -0.4 is 9.97 Å². The molecule has 1 aliphatic rings. The Balaban J connectivity index is 2.52. The number of halogens is 2. The van der Waals surface area contributed by atoms with Gasteiger partial charge in [0, 0.05) is 6.92 Å². The first-order chi connectivity index (χ1) is 9.85. The number of hydrogen-bond donors (Lipinski definition) is 2. The maximum atomic E-state index is 11.3. The first kappa shape index (κ1) is 15.6. The van der Waals surface area contributed by atoms with E-state index in [1.807, 2.05) is 0 Å². The van der Waals surface area contributed by atoms with E-state index < -0.39 is 19.0 Å². The lowest BCUT2D eigenvalue weighted by Gasteiger charge is -2.28. The fraction of sp³-hybridized carbons (Fsp3) is 0.273.